The first kappa shape index (κ1) is 21.0. The minimum Gasteiger partial charge on any atom is -0.493 e. The van der Waals surface area contributed by atoms with Gasteiger partial charge >= 0.3 is 0 Å². The van der Waals surface area contributed by atoms with Crippen molar-refractivity contribution in [2.75, 3.05) is 33.9 Å². The molecular weight excluding hydrogens is 322 g/mol. The number of benzene rings is 1. The number of amides is 2. The zero-order chi connectivity index (χ0) is 16.4. The molecule has 2 amide bonds. The van der Waals surface area contributed by atoms with Crippen LogP contribution in [0.1, 0.15) is 12.0 Å². The molecule has 1 aromatic rings. The van der Waals surface area contributed by atoms with Crippen LogP contribution in [-0.2, 0) is 16.0 Å². The second-order valence-corrected chi connectivity index (χ2v) is 4.62. The van der Waals surface area contributed by atoms with Gasteiger partial charge in [0, 0.05) is 6.54 Å². The van der Waals surface area contributed by atoms with E-state index < -0.39 is 0 Å². The molecule has 0 atom stereocenters. The Kier molecular flexibility index (Phi) is 10.6. The summed E-state index contributed by atoms with van der Waals surface area (Å²) in [4.78, 5) is 22.4. The van der Waals surface area contributed by atoms with Crippen LogP contribution in [0.3, 0.4) is 0 Å². The summed E-state index contributed by atoms with van der Waals surface area (Å²) in [5.41, 5.74) is 6.23. The molecule has 7 nitrogen and oxygen atoms in total. The third-order valence-corrected chi connectivity index (χ3v) is 3.04. The molecule has 0 aromatic heterocycles. The monoisotopic (exact) mass is 345 g/mol. The predicted octanol–water partition coefficient (Wildman–Crippen LogP) is 0.249. The molecule has 0 aliphatic carbocycles. The first-order valence-electron chi connectivity index (χ1n) is 7.05. The Morgan fingerprint density at radius 1 is 1.09 bits per heavy atom. The molecule has 130 valence electrons. The van der Waals surface area contributed by atoms with Crippen molar-refractivity contribution in [2.45, 2.75) is 12.8 Å². The third-order valence-electron chi connectivity index (χ3n) is 3.04. The molecule has 8 heteroatoms. The first-order chi connectivity index (χ1) is 10.6. The van der Waals surface area contributed by atoms with Crippen LogP contribution in [0.2, 0.25) is 0 Å². The van der Waals surface area contributed by atoms with Gasteiger partial charge in [-0.05, 0) is 30.5 Å². The van der Waals surface area contributed by atoms with Crippen LogP contribution in [0.15, 0.2) is 18.2 Å². The summed E-state index contributed by atoms with van der Waals surface area (Å²) >= 11 is 0. The Balaban J connectivity index is 0.00000484. The van der Waals surface area contributed by atoms with E-state index in [2.05, 4.69) is 10.6 Å². The number of hydrogen-bond acceptors (Lipinski definition) is 5. The highest BCUT2D eigenvalue weighted by atomic mass is 35.5. The number of carbonyl (C=O) groups excluding carboxylic acids is 2. The van der Waals surface area contributed by atoms with Crippen molar-refractivity contribution >= 4 is 24.2 Å². The number of carbonyl (C=O) groups is 2. The lowest BCUT2D eigenvalue weighted by Gasteiger charge is -2.10. The number of aryl methyl sites for hydroxylation is 1. The lowest BCUT2D eigenvalue weighted by atomic mass is 10.1. The maximum Gasteiger partial charge on any atom is 0.239 e. The van der Waals surface area contributed by atoms with Crippen LogP contribution in [0.25, 0.3) is 0 Å². The molecule has 0 fully saturated rings. The minimum atomic E-state index is -0.347. The Hall–Kier alpha value is -1.99. The van der Waals surface area contributed by atoms with Crippen LogP contribution in [0.4, 0.5) is 0 Å². The van der Waals surface area contributed by atoms with Crippen LogP contribution >= 0.6 is 12.4 Å². The van der Waals surface area contributed by atoms with E-state index >= 15 is 0 Å². The highest BCUT2D eigenvalue weighted by Crippen LogP contribution is 2.27. The van der Waals surface area contributed by atoms with E-state index in [9.17, 15) is 9.59 Å². The average molecular weight is 346 g/mol. The SMILES string of the molecule is COc1ccc(CCCNC(=O)CNC(=O)CN)cc1OC.Cl. The summed E-state index contributed by atoms with van der Waals surface area (Å²) in [6, 6.07) is 5.74. The van der Waals surface area contributed by atoms with Crippen LogP contribution in [0.5, 0.6) is 11.5 Å². The number of methoxy groups -OCH3 is 2. The molecular formula is C15H24ClN3O4. The van der Waals surface area contributed by atoms with Crippen molar-refractivity contribution in [3.8, 4) is 11.5 Å². The Bertz CT molecular complexity index is 511. The van der Waals surface area contributed by atoms with Gasteiger partial charge in [0.25, 0.3) is 0 Å². The van der Waals surface area contributed by atoms with E-state index in [1.54, 1.807) is 14.2 Å². The summed E-state index contributed by atoms with van der Waals surface area (Å²) in [6.45, 7) is 0.366. The zero-order valence-electron chi connectivity index (χ0n) is 13.4. The molecule has 0 radical (unpaired) electrons. The summed E-state index contributed by atoms with van der Waals surface area (Å²) in [5.74, 6) is 0.804. The van der Waals surface area contributed by atoms with Crippen LogP contribution in [0, 0.1) is 0 Å². The summed E-state index contributed by atoms with van der Waals surface area (Å²) < 4.78 is 10.4. The predicted molar refractivity (Wildman–Crippen MR) is 90.2 cm³/mol. The second kappa shape index (κ2) is 11.6. The number of rotatable bonds is 9. The van der Waals surface area contributed by atoms with E-state index in [0.717, 1.165) is 18.4 Å². The summed E-state index contributed by atoms with van der Waals surface area (Å²) in [7, 11) is 3.19. The normalized spacial score (nSPS) is 9.52. The molecule has 23 heavy (non-hydrogen) atoms. The lowest BCUT2D eigenvalue weighted by molar-refractivity contribution is -0.125. The van der Waals surface area contributed by atoms with E-state index in [1.807, 2.05) is 18.2 Å². The zero-order valence-corrected chi connectivity index (χ0v) is 14.2. The van der Waals surface area contributed by atoms with Gasteiger partial charge in [-0.1, -0.05) is 6.07 Å². The van der Waals surface area contributed by atoms with Gasteiger partial charge in [-0.25, -0.2) is 0 Å². The fourth-order valence-electron chi connectivity index (χ4n) is 1.87. The van der Waals surface area contributed by atoms with Gasteiger partial charge in [-0.2, -0.15) is 0 Å². The molecule has 0 unspecified atom stereocenters. The highest BCUT2D eigenvalue weighted by Gasteiger charge is 2.05. The molecule has 1 rings (SSSR count). The topological polar surface area (TPSA) is 103 Å². The van der Waals surface area contributed by atoms with Gasteiger partial charge in [-0.3, -0.25) is 9.59 Å². The van der Waals surface area contributed by atoms with Crippen molar-refractivity contribution in [3.63, 3.8) is 0 Å². The van der Waals surface area contributed by atoms with Gasteiger partial charge in [0.05, 0.1) is 27.3 Å². The molecule has 4 N–H and O–H groups in total. The third kappa shape index (κ3) is 7.71. The average Bonchev–Trinajstić information content (AvgIpc) is 2.56. The lowest BCUT2D eigenvalue weighted by Crippen LogP contribution is -2.39. The highest BCUT2D eigenvalue weighted by molar-refractivity contribution is 5.85. The summed E-state index contributed by atoms with van der Waals surface area (Å²) in [5, 5.41) is 5.15. The van der Waals surface area contributed by atoms with Crippen molar-refractivity contribution in [2.24, 2.45) is 5.73 Å². The van der Waals surface area contributed by atoms with Crippen molar-refractivity contribution in [3.05, 3.63) is 23.8 Å². The number of nitrogens with one attached hydrogen (secondary N) is 2. The van der Waals surface area contributed by atoms with Gasteiger partial charge in [-0.15, -0.1) is 12.4 Å². The minimum absolute atomic E-state index is 0. The Labute approximate surface area is 142 Å². The molecule has 0 saturated carbocycles. The largest absolute Gasteiger partial charge is 0.493 e. The molecule has 1 aromatic carbocycles. The van der Waals surface area contributed by atoms with Crippen molar-refractivity contribution in [1.29, 1.82) is 0 Å². The number of nitrogens with two attached hydrogens (primary N) is 1. The fraction of sp³-hybridized carbons (Fsp3) is 0.467. The fourth-order valence-corrected chi connectivity index (χ4v) is 1.87. The van der Waals surface area contributed by atoms with E-state index in [4.69, 9.17) is 15.2 Å². The smallest absolute Gasteiger partial charge is 0.239 e. The van der Waals surface area contributed by atoms with Crippen LogP contribution in [-0.4, -0.2) is 45.7 Å². The molecule has 0 aliphatic heterocycles. The quantitative estimate of drug-likeness (QED) is 0.557. The number of ether oxygens (including phenoxy) is 2. The number of halogens is 1. The van der Waals surface area contributed by atoms with E-state index in [-0.39, 0.29) is 37.3 Å². The maximum absolute atomic E-state index is 11.5. The number of hydrogen-bond donors (Lipinski definition) is 3. The standard InChI is InChI=1S/C15H23N3O4.ClH/c1-21-12-6-5-11(8-13(12)22-2)4-3-7-17-15(20)10-18-14(19)9-16;/h5-6,8H,3-4,7,9-10,16H2,1-2H3,(H,17,20)(H,18,19);1H. The molecule has 0 saturated heterocycles. The molecule has 0 heterocycles. The van der Waals surface area contributed by atoms with Crippen molar-refractivity contribution < 1.29 is 19.1 Å². The van der Waals surface area contributed by atoms with E-state index in [1.165, 1.54) is 0 Å². The van der Waals surface area contributed by atoms with Crippen LogP contribution < -0.4 is 25.8 Å². The van der Waals surface area contributed by atoms with Gasteiger partial charge < -0.3 is 25.8 Å². The second-order valence-electron chi connectivity index (χ2n) is 4.62. The van der Waals surface area contributed by atoms with Gasteiger partial charge in [0.15, 0.2) is 11.5 Å². The van der Waals surface area contributed by atoms with Crippen molar-refractivity contribution in [1.82, 2.24) is 10.6 Å². The van der Waals surface area contributed by atoms with Gasteiger partial charge in [0.1, 0.15) is 0 Å². The molecule has 0 aliphatic rings. The molecule has 0 spiro atoms. The van der Waals surface area contributed by atoms with Gasteiger partial charge in [0.2, 0.25) is 11.8 Å². The maximum atomic E-state index is 11.5. The summed E-state index contributed by atoms with van der Waals surface area (Å²) in [6.07, 6.45) is 1.59. The Morgan fingerprint density at radius 2 is 1.78 bits per heavy atom. The Morgan fingerprint density at radius 3 is 2.39 bits per heavy atom. The molecule has 0 bridgehead atoms. The van der Waals surface area contributed by atoms with E-state index in [0.29, 0.717) is 18.0 Å². The first-order valence-corrected chi connectivity index (χ1v) is 7.05.